The highest BCUT2D eigenvalue weighted by Gasteiger charge is 2.85. The predicted octanol–water partition coefficient (Wildman–Crippen LogP) is 13.0. The van der Waals surface area contributed by atoms with Gasteiger partial charge in [0.2, 0.25) is 0 Å². The van der Waals surface area contributed by atoms with Crippen molar-refractivity contribution in [2.45, 2.75) is 140 Å². The van der Waals surface area contributed by atoms with Crippen molar-refractivity contribution in [2.24, 2.45) is 35.0 Å². The van der Waals surface area contributed by atoms with E-state index < -0.39 is 0 Å². The van der Waals surface area contributed by atoms with E-state index in [-0.39, 0.29) is 21.7 Å². The zero-order valence-electron chi connectivity index (χ0n) is 32.6. The third-order valence-corrected chi connectivity index (χ3v) is 17.6. The second-order valence-corrected chi connectivity index (χ2v) is 21.5. The van der Waals surface area contributed by atoms with Gasteiger partial charge in [0.25, 0.3) is 0 Å². The third kappa shape index (κ3) is 3.71. The highest BCUT2D eigenvalue weighted by Crippen LogP contribution is 2.90. The lowest BCUT2D eigenvalue weighted by molar-refractivity contribution is -0.259. The van der Waals surface area contributed by atoms with Crippen molar-refractivity contribution in [3.05, 3.63) is 112 Å². The molecule has 8 unspecified atom stereocenters. The van der Waals surface area contributed by atoms with E-state index in [9.17, 15) is 0 Å². The fourth-order valence-electron chi connectivity index (χ4n) is 14.9. The molecule has 0 amide bonds. The second-order valence-electron chi connectivity index (χ2n) is 21.5. The number of benzene rings is 3. The molecule has 3 aromatic rings. The number of rotatable bonds is 3. The minimum Gasteiger partial charge on any atom is -0.310 e. The smallest absolute Gasteiger partial charge is 0.0464 e. The van der Waals surface area contributed by atoms with Crippen molar-refractivity contribution >= 4 is 17.1 Å². The Balaban J connectivity index is 1.10. The van der Waals surface area contributed by atoms with Crippen LogP contribution in [0.2, 0.25) is 0 Å². The predicted molar refractivity (Wildman–Crippen MR) is 213 cm³/mol. The van der Waals surface area contributed by atoms with Gasteiger partial charge in [0.05, 0.1) is 0 Å². The minimum atomic E-state index is 0.159. The molecule has 11 rings (SSSR count). The van der Waals surface area contributed by atoms with Gasteiger partial charge in [-0.15, -0.1) is 0 Å². The molecule has 4 saturated carbocycles. The van der Waals surface area contributed by atoms with E-state index in [1.165, 1.54) is 84.3 Å². The van der Waals surface area contributed by atoms with Crippen molar-refractivity contribution in [3.63, 3.8) is 0 Å². The summed E-state index contributed by atoms with van der Waals surface area (Å²) in [4.78, 5) is 2.65. The maximum absolute atomic E-state index is 2.67. The average Bonchev–Trinajstić information content (AvgIpc) is 3.73. The normalized spacial score (nSPS) is 38.2. The summed E-state index contributed by atoms with van der Waals surface area (Å²) in [6, 6.07) is 22.9. The van der Waals surface area contributed by atoms with Gasteiger partial charge in [-0.25, -0.2) is 0 Å². The van der Waals surface area contributed by atoms with Crippen LogP contribution in [0.5, 0.6) is 0 Å². The zero-order valence-corrected chi connectivity index (χ0v) is 32.6. The summed E-state index contributed by atoms with van der Waals surface area (Å²) < 4.78 is 0. The van der Waals surface area contributed by atoms with E-state index in [1.54, 1.807) is 17.5 Å². The topological polar surface area (TPSA) is 3.24 Å². The van der Waals surface area contributed by atoms with Gasteiger partial charge in [-0.1, -0.05) is 97.9 Å². The van der Waals surface area contributed by atoms with Crippen LogP contribution in [-0.2, 0) is 27.1 Å². The molecule has 0 aliphatic heterocycles. The Labute approximate surface area is 308 Å². The molecule has 3 aromatic carbocycles. The lowest BCUT2D eigenvalue weighted by Crippen LogP contribution is -2.75. The number of nitrogens with zero attached hydrogens (tertiary/aromatic N) is 1. The standard InChI is InChI=1S/C50H59N/c1-45(2)19-21-47(5,6)41-27-33(14-17-39(41)45)51(34-15-18-40-42(28-34)48(7,8)22-20-46(40,3)4)32-13-16-38-36(26-32)35-11-9-10-12-37(35)50(38)43-24-30-23-31-25-44(50)49(31,43)29-30/h9-18,26-28,30-31,35,37,43-44H,19-25,29H2,1-8H3. The monoisotopic (exact) mass is 673 g/mol. The van der Waals surface area contributed by atoms with Crippen molar-refractivity contribution in [1.29, 1.82) is 0 Å². The molecule has 8 aliphatic rings. The molecular formula is C50H59N. The van der Waals surface area contributed by atoms with Gasteiger partial charge in [0.1, 0.15) is 0 Å². The molecule has 0 aromatic heterocycles. The van der Waals surface area contributed by atoms with Crippen LogP contribution >= 0.6 is 0 Å². The molecule has 51 heavy (non-hydrogen) atoms. The van der Waals surface area contributed by atoms with Gasteiger partial charge in [-0.2, -0.15) is 0 Å². The second kappa shape index (κ2) is 9.53. The van der Waals surface area contributed by atoms with Crippen LogP contribution in [0.15, 0.2) is 78.9 Å². The van der Waals surface area contributed by atoms with Gasteiger partial charge < -0.3 is 4.90 Å². The Hall–Kier alpha value is -3.06. The van der Waals surface area contributed by atoms with Crippen LogP contribution in [0.4, 0.5) is 17.1 Å². The molecule has 0 heterocycles. The Morgan fingerprint density at radius 2 is 1.04 bits per heavy atom. The molecule has 1 nitrogen and oxygen atoms in total. The lowest BCUT2D eigenvalue weighted by Gasteiger charge is -2.78. The molecule has 0 radical (unpaired) electrons. The Morgan fingerprint density at radius 1 is 0.529 bits per heavy atom. The average molecular weight is 674 g/mol. The molecule has 2 bridgehead atoms. The Bertz CT molecular complexity index is 2010. The fourth-order valence-corrected chi connectivity index (χ4v) is 14.9. The molecule has 1 heteroatoms. The molecular weight excluding hydrogens is 615 g/mol. The van der Waals surface area contributed by atoms with E-state index in [2.05, 4.69) is 139 Å². The van der Waals surface area contributed by atoms with Crippen molar-refractivity contribution in [3.8, 4) is 0 Å². The summed E-state index contributed by atoms with van der Waals surface area (Å²) in [5.74, 6) is 4.96. The van der Waals surface area contributed by atoms with Crippen molar-refractivity contribution in [2.75, 3.05) is 4.90 Å². The van der Waals surface area contributed by atoms with Gasteiger partial charge in [0, 0.05) is 28.4 Å². The summed E-state index contributed by atoms with van der Waals surface area (Å²) in [6.45, 7) is 19.7. The third-order valence-electron chi connectivity index (χ3n) is 17.6. The molecule has 0 saturated heterocycles. The fraction of sp³-hybridized carbons (Fsp3) is 0.560. The molecule has 8 atom stereocenters. The van der Waals surface area contributed by atoms with E-state index in [1.807, 2.05) is 0 Å². The van der Waals surface area contributed by atoms with Crippen molar-refractivity contribution in [1.82, 2.24) is 0 Å². The van der Waals surface area contributed by atoms with E-state index in [0.717, 1.165) is 23.7 Å². The molecule has 8 aliphatic carbocycles. The van der Waals surface area contributed by atoms with Crippen LogP contribution < -0.4 is 4.90 Å². The van der Waals surface area contributed by atoms with Gasteiger partial charge >= 0.3 is 0 Å². The number of hydrogen-bond donors (Lipinski definition) is 0. The number of anilines is 3. The van der Waals surface area contributed by atoms with Crippen LogP contribution in [0.1, 0.15) is 146 Å². The van der Waals surface area contributed by atoms with Gasteiger partial charge in [-0.05, 0) is 178 Å². The van der Waals surface area contributed by atoms with E-state index >= 15 is 0 Å². The van der Waals surface area contributed by atoms with Crippen LogP contribution in [0.25, 0.3) is 0 Å². The Kier molecular flexibility index (Phi) is 5.88. The number of allylic oxidation sites excluding steroid dienone is 4. The number of fused-ring (bicyclic) bond motifs is 10. The SMILES string of the molecule is CC1(C)CCC(C)(C)c2cc(N(c3ccc4c(c3)C3C=CC=CC3C43C4CC5CC6CC3C64C5)c3ccc4c(c3)C(C)(C)CCC4(C)C)ccc21. The number of hydrogen-bond acceptors (Lipinski definition) is 1. The summed E-state index contributed by atoms with van der Waals surface area (Å²) >= 11 is 0. The van der Waals surface area contributed by atoms with Crippen molar-refractivity contribution < 1.29 is 0 Å². The summed E-state index contributed by atoms with van der Waals surface area (Å²) in [5, 5.41) is 0. The van der Waals surface area contributed by atoms with E-state index in [0.29, 0.717) is 22.7 Å². The first-order valence-corrected chi connectivity index (χ1v) is 20.8. The van der Waals surface area contributed by atoms with Crippen LogP contribution in [0, 0.1) is 35.0 Å². The van der Waals surface area contributed by atoms with Crippen LogP contribution in [-0.4, -0.2) is 0 Å². The summed E-state index contributed by atoms with van der Waals surface area (Å²) in [5.41, 5.74) is 15.3. The maximum Gasteiger partial charge on any atom is 0.0464 e. The van der Waals surface area contributed by atoms with E-state index in [4.69, 9.17) is 0 Å². The van der Waals surface area contributed by atoms with Crippen LogP contribution in [0.3, 0.4) is 0 Å². The molecule has 0 N–H and O–H groups in total. The maximum atomic E-state index is 2.67. The first-order valence-electron chi connectivity index (χ1n) is 20.8. The van der Waals surface area contributed by atoms with Gasteiger partial charge in [0.15, 0.2) is 0 Å². The first-order chi connectivity index (χ1) is 24.2. The quantitative estimate of drug-likeness (QED) is 0.267. The highest BCUT2D eigenvalue weighted by atomic mass is 15.1. The summed E-state index contributed by atoms with van der Waals surface area (Å²) in [7, 11) is 0. The molecule has 4 fully saturated rings. The largest absolute Gasteiger partial charge is 0.310 e. The van der Waals surface area contributed by atoms with Gasteiger partial charge in [-0.3, -0.25) is 0 Å². The minimum absolute atomic E-state index is 0.159. The summed E-state index contributed by atoms with van der Waals surface area (Å²) in [6.07, 6.45) is 21.0. The zero-order chi connectivity index (χ0) is 35.1. The lowest BCUT2D eigenvalue weighted by atomic mass is 9.26. The first kappa shape index (κ1) is 31.5. The Morgan fingerprint density at radius 3 is 1.63 bits per heavy atom. The molecule has 264 valence electrons. The highest BCUT2D eigenvalue weighted by molar-refractivity contribution is 5.80. The molecule has 2 spiro atoms.